The van der Waals surface area contributed by atoms with Gasteiger partial charge in [0.05, 0.1) is 0 Å². The molecule has 0 bridgehead atoms. The normalized spacial score (nSPS) is 13.7. The minimum Gasteiger partial charge on any atom is -0.508 e. The minimum atomic E-state index is -1.01. The summed E-state index contributed by atoms with van der Waals surface area (Å²) in [6.07, 6.45) is 1.59. The number of nitrogens with one attached hydrogen (secondary N) is 2. The molecule has 34 heavy (non-hydrogen) atoms. The molecular formula is C25H41N3O5S. The van der Waals surface area contributed by atoms with Crippen LogP contribution in [0.2, 0.25) is 0 Å². The van der Waals surface area contributed by atoms with E-state index in [1.165, 1.54) is 17.0 Å². The van der Waals surface area contributed by atoms with Crippen LogP contribution in [0.3, 0.4) is 0 Å². The van der Waals surface area contributed by atoms with Gasteiger partial charge in [-0.25, -0.2) is 4.79 Å². The van der Waals surface area contributed by atoms with Crippen molar-refractivity contribution in [3.63, 3.8) is 0 Å². The summed E-state index contributed by atoms with van der Waals surface area (Å²) in [6, 6.07) is 4.26. The summed E-state index contributed by atoms with van der Waals surface area (Å²) in [5.41, 5.74) is -1.03. The van der Waals surface area contributed by atoms with Crippen LogP contribution in [-0.2, 0) is 14.3 Å². The van der Waals surface area contributed by atoms with Crippen LogP contribution in [0, 0.1) is 0 Å². The van der Waals surface area contributed by atoms with Crippen LogP contribution < -0.4 is 10.6 Å². The molecule has 0 aliphatic heterocycles. The van der Waals surface area contributed by atoms with Gasteiger partial charge in [-0.05, 0) is 91.5 Å². The lowest BCUT2D eigenvalue weighted by Crippen LogP contribution is -2.59. The molecule has 0 saturated heterocycles. The van der Waals surface area contributed by atoms with Gasteiger partial charge in [-0.3, -0.25) is 9.59 Å². The maximum atomic E-state index is 14.0. The highest BCUT2D eigenvalue weighted by Crippen LogP contribution is 2.32. The average molecular weight is 496 g/mol. The van der Waals surface area contributed by atoms with Crippen molar-refractivity contribution < 1.29 is 24.2 Å². The number of phenolic OH excluding ortho intramolecular Hbond substituents is 1. The van der Waals surface area contributed by atoms with Gasteiger partial charge in [0.15, 0.2) is 0 Å². The van der Waals surface area contributed by atoms with Gasteiger partial charge in [-0.2, -0.15) is 11.8 Å². The molecule has 0 saturated carbocycles. The molecule has 1 aromatic carbocycles. The summed E-state index contributed by atoms with van der Waals surface area (Å²) in [5, 5.41) is 15.7. The smallest absolute Gasteiger partial charge is 0.408 e. The first-order valence-corrected chi connectivity index (χ1v) is 12.9. The number of rotatable bonds is 9. The Morgan fingerprint density at radius 2 is 1.71 bits per heavy atom. The molecule has 9 heteroatoms. The van der Waals surface area contributed by atoms with Gasteiger partial charge in [-0.1, -0.05) is 12.1 Å². The van der Waals surface area contributed by atoms with Crippen LogP contribution >= 0.6 is 11.8 Å². The SMILES string of the molecule is CSCCC(NC(=O)OC(C)(C)C)C(=O)N(C(C(=O)NC(C)C)c1cccc(O)c1)C(C)(C)C. The van der Waals surface area contributed by atoms with Crippen molar-refractivity contribution in [3.05, 3.63) is 29.8 Å². The molecule has 1 aromatic rings. The monoisotopic (exact) mass is 495 g/mol. The first-order valence-electron chi connectivity index (χ1n) is 11.5. The molecule has 0 spiro atoms. The first kappa shape index (κ1) is 29.6. The van der Waals surface area contributed by atoms with E-state index in [4.69, 9.17) is 4.74 Å². The molecule has 0 aromatic heterocycles. The summed E-state index contributed by atoms with van der Waals surface area (Å²) in [5.74, 6) is -0.157. The van der Waals surface area contributed by atoms with Crippen molar-refractivity contribution >= 4 is 29.7 Å². The Labute approximate surface area is 208 Å². The van der Waals surface area contributed by atoms with Crippen molar-refractivity contribution in [2.24, 2.45) is 0 Å². The van der Waals surface area contributed by atoms with E-state index in [9.17, 15) is 19.5 Å². The summed E-state index contributed by atoms with van der Waals surface area (Å²) < 4.78 is 5.38. The highest BCUT2D eigenvalue weighted by Gasteiger charge is 2.42. The van der Waals surface area contributed by atoms with Gasteiger partial charge >= 0.3 is 6.09 Å². The summed E-state index contributed by atoms with van der Waals surface area (Å²) in [7, 11) is 0. The molecule has 0 radical (unpaired) electrons. The van der Waals surface area contributed by atoms with Crippen LogP contribution in [0.1, 0.15) is 73.4 Å². The number of carbonyl (C=O) groups excluding carboxylic acids is 3. The largest absolute Gasteiger partial charge is 0.508 e. The van der Waals surface area contributed by atoms with Crippen molar-refractivity contribution in [1.29, 1.82) is 0 Å². The zero-order valence-corrected chi connectivity index (χ0v) is 22.7. The zero-order chi connectivity index (χ0) is 26.3. The number of amides is 3. The van der Waals surface area contributed by atoms with Gasteiger partial charge in [0, 0.05) is 11.6 Å². The molecule has 0 aliphatic carbocycles. The second kappa shape index (κ2) is 12.3. The van der Waals surface area contributed by atoms with Gasteiger partial charge < -0.3 is 25.4 Å². The molecule has 2 atom stereocenters. The number of benzene rings is 1. The van der Waals surface area contributed by atoms with Crippen LogP contribution in [0.5, 0.6) is 5.75 Å². The zero-order valence-electron chi connectivity index (χ0n) is 21.9. The van der Waals surface area contributed by atoms with E-state index in [1.807, 2.05) is 40.9 Å². The molecule has 3 N–H and O–H groups in total. The quantitative estimate of drug-likeness (QED) is 0.473. The van der Waals surface area contributed by atoms with Gasteiger partial charge in [0.1, 0.15) is 23.4 Å². The van der Waals surface area contributed by atoms with Crippen LogP contribution in [0.25, 0.3) is 0 Å². The number of thioether (sulfide) groups is 1. The Hall–Kier alpha value is -2.42. The molecule has 3 amide bonds. The third kappa shape index (κ3) is 9.44. The fourth-order valence-electron chi connectivity index (χ4n) is 3.43. The number of carbonyl (C=O) groups is 3. The Morgan fingerprint density at radius 1 is 1.09 bits per heavy atom. The van der Waals surface area contributed by atoms with Crippen molar-refractivity contribution in [3.8, 4) is 5.75 Å². The summed E-state index contributed by atoms with van der Waals surface area (Å²) in [4.78, 5) is 41.4. The number of nitrogens with zero attached hydrogens (tertiary/aromatic N) is 1. The molecule has 0 fully saturated rings. The van der Waals surface area contributed by atoms with Gasteiger partial charge in [0.2, 0.25) is 11.8 Å². The molecule has 1 rings (SSSR count). The molecule has 192 valence electrons. The minimum absolute atomic E-state index is 0.00744. The molecule has 0 aliphatic rings. The maximum Gasteiger partial charge on any atom is 0.408 e. The van der Waals surface area contributed by atoms with E-state index in [0.29, 0.717) is 17.7 Å². The lowest BCUT2D eigenvalue weighted by Gasteiger charge is -2.43. The summed E-state index contributed by atoms with van der Waals surface area (Å²) >= 11 is 1.55. The van der Waals surface area contributed by atoms with E-state index in [-0.39, 0.29) is 17.7 Å². The Bertz CT molecular complexity index is 846. The van der Waals surface area contributed by atoms with Gasteiger partial charge in [-0.15, -0.1) is 0 Å². The molecule has 0 heterocycles. The predicted molar refractivity (Wildman–Crippen MR) is 137 cm³/mol. The highest BCUT2D eigenvalue weighted by molar-refractivity contribution is 7.98. The van der Waals surface area contributed by atoms with E-state index < -0.39 is 35.2 Å². The standard InChI is InChI=1S/C25H41N3O5S/c1-16(2)26-21(30)20(17-11-10-12-18(29)15-17)28(24(3,4)5)22(31)19(13-14-34-9)27-23(32)33-25(6,7)8/h10-12,15-16,19-20,29H,13-14H2,1-9H3,(H,26,30)(H,27,32). The number of hydrogen-bond acceptors (Lipinski definition) is 6. The third-order valence-corrected chi connectivity index (χ3v) is 5.33. The number of hydrogen-bond donors (Lipinski definition) is 3. The van der Waals surface area contributed by atoms with Crippen molar-refractivity contribution in [1.82, 2.24) is 15.5 Å². The maximum absolute atomic E-state index is 14.0. The third-order valence-electron chi connectivity index (χ3n) is 4.68. The molecular weight excluding hydrogens is 454 g/mol. The van der Waals surface area contributed by atoms with Crippen LogP contribution in [0.15, 0.2) is 24.3 Å². The number of aromatic hydroxyl groups is 1. The average Bonchev–Trinajstić information content (AvgIpc) is 2.65. The predicted octanol–water partition coefficient (Wildman–Crippen LogP) is 4.23. The molecule has 2 unspecified atom stereocenters. The number of phenols is 1. The topological polar surface area (TPSA) is 108 Å². The van der Waals surface area contributed by atoms with E-state index in [0.717, 1.165) is 0 Å². The van der Waals surface area contributed by atoms with Crippen LogP contribution in [-0.4, -0.2) is 63.1 Å². The fourth-order valence-corrected chi connectivity index (χ4v) is 3.90. The number of alkyl carbamates (subject to hydrolysis) is 1. The number of ether oxygens (including phenoxy) is 1. The Morgan fingerprint density at radius 3 is 2.18 bits per heavy atom. The molecule has 8 nitrogen and oxygen atoms in total. The second-order valence-electron chi connectivity index (χ2n) is 10.5. The fraction of sp³-hybridized carbons (Fsp3) is 0.640. The highest BCUT2D eigenvalue weighted by atomic mass is 32.2. The summed E-state index contributed by atoms with van der Waals surface area (Å²) in [6.45, 7) is 14.4. The Kier molecular flexibility index (Phi) is 10.7. The van der Waals surface area contributed by atoms with E-state index in [1.54, 1.807) is 44.7 Å². The first-order chi connectivity index (χ1) is 15.6. The van der Waals surface area contributed by atoms with Crippen LogP contribution in [0.4, 0.5) is 4.79 Å². The second-order valence-corrected chi connectivity index (χ2v) is 11.5. The lowest BCUT2D eigenvalue weighted by molar-refractivity contribution is -0.148. The van der Waals surface area contributed by atoms with Crippen molar-refractivity contribution in [2.45, 2.75) is 91.1 Å². The Balaban J connectivity index is 3.52. The lowest BCUT2D eigenvalue weighted by atomic mass is 9.94. The van der Waals surface area contributed by atoms with Crippen molar-refractivity contribution in [2.75, 3.05) is 12.0 Å². The van der Waals surface area contributed by atoms with E-state index >= 15 is 0 Å². The van der Waals surface area contributed by atoms with Gasteiger partial charge in [0.25, 0.3) is 0 Å². The van der Waals surface area contributed by atoms with E-state index in [2.05, 4.69) is 10.6 Å².